The number of aromatic nitrogens is 2. The van der Waals surface area contributed by atoms with Crippen molar-refractivity contribution in [2.24, 2.45) is 5.10 Å². The number of benzene rings is 4. The summed E-state index contributed by atoms with van der Waals surface area (Å²) in [5.74, 6) is -0.0671. The van der Waals surface area contributed by atoms with E-state index in [0.717, 1.165) is 16.9 Å². The lowest BCUT2D eigenvalue weighted by Crippen LogP contribution is -2.21. The number of methoxy groups -OCH3 is 1. The van der Waals surface area contributed by atoms with Crippen LogP contribution in [-0.2, 0) is 6.61 Å². The van der Waals surface area contributed by atoms with Crippen LogP contribution in [-0.4, -0.2) is 39.0 Å². The van der Waals surface area contributed by atoms with Crippen molar-refractivity contribution in [3.05, 3.63) is 127 Å². The predicted molar refractivity (Wildman–Crippen MR) is 171 cm³/mol. The minimum absolute atomic E-state index is 0.0607. The lowest BCUT2D eigenvalue weighted by Gasteiger charge is -2.17. The third-order valence-electron chi connectivity index (χ3n) is 7.28. The summed E-state index contributed by atoms with van der Waals surface area (Å²) in [5, 5.41) is 26.1. The highest BCUT2D eigenvalue weighted by molar-refractivity contribution is 5.88. The zero-order chi connectivity index (χ0) is 32.2. The van der Waals surface area contributed by atoms with Crippen LogP contribution in [0.5, 0.6) is 11.5 Å². The first-order valence-corrected chi connectivity index (χ1v) is 14.1. The molecule has 228 valence electrons. The minimum atomic E-state index is -1.10. The van der Waals surface area contributed by atoms with Crippen LogP contribution in [0.1, 0.15) is 52.4 Å². The van der Waals surface area contributed by atoms with Crippen molar-refractivity contribution in [1.82, 2.24) is 9.66 Å². The number of fused-ring (bicyclic) bond motifs is 1. The molecule has 0 aliphatic carbocycles. The Balaban J connectivity index is 1.65. The van der Waals surface area contributed by atoms with Crippen LogP contribution in [0.25, 0.3) is 22.3 Å². The molecule has 0 radical (unpaired) electrons. The number of nitro groups is 1. The Hall–Kier alpha value is -5.84. The van der Waals surface area contributed by atoms with Crippen LogP contribution in [0.4, 0.5) is 5.69 Å². The van der Waals surface area contributed by atoms with Crippen molar-refractivity contribution in [1.29, 1.82) is 0 Å². The highest BCUT2D eigenvalue weighted by Crippen LogP contribution is 2.35. The van der Waals surface area contributed by atoms with E-state index in [1.807, 2.05) is 32.9 Å². The molecule has 5 rings (SSSR count). The summed E-state index contributed by atoms with van der Waals surface area (Å²) < 4.78 is 12.7. The average molecular weight is 607 g/mol. The normalized spacial score (nSPS) is 11.3. The van der Waals surface area contributed by atoms with Crippen molar-refractivity contribution in [2.45, 2.75) is 33.3 Å². The molecule has 1 aromatic heterocycles. The fraction of sp³-hybridized carbons (Fsp3) is 0.176. The van der Waals surface area contributed by atoms with Gasteiger partial charge < -0.3 is 14.6 Å². The van der Waals surface area contributed by atoms with E-state index >= 15 is 0 Å². The molecule has 0 saturated heterocycles. The number of hydrogen-bond donors (Lipinski definition) is 1. The van der Waals surface area contributed by atoms with E-state index in [-0.39, 0.29) is 40.9 Å². The number of aryl methyl sites for hydroxylation is 1. The van der Waals surface area contributed by atoms with E-state index < -0.39 is 16.5 Å². The number of carbonyl (C=O) groups is 1. The number of aromatic carboxylic acids is 1. The van der Waals surface area contributed by atoms with Gasteiger partial charge in [0.15, 0.2) is 5.82 Å². The van der Waals surface area contributed by atoms with Gasteiger partial charge in [0.2, 0.25) is 5.75 Å². The molecule has 0 aliphatic heterocycles. The second-order valence-corrected chi connectivity index (χ2v) is 10.6. The van der Waals surface area contributed by atoms with Gasteiger partial charge in [0.1, 0.15) is 12.4 Å². The van der Waals surface area contributed by atoms with Gasteiger partial charge in [-0.15, -0.1) is 0 Å². The highest BCUT2D eigenvalue weighted by atomic mass is 16.6. The minimum Gasteiger partial charge on any atom is -0.496 e. The number of rotatable bonds is 10. The number of nitrogens with zero attached hydrogens (tertiary/aromatic N) is 4. The van der Waals surface area contributed by atoms with Crippen molar-refractivity contribution in [2.75, 3.05) is 7.11 Å². The number of carboxylic acid groups (broad SMARTS) is 1. The maximum absolute atomic E-state index is 13.9. The number of hydrogen-bond acceptors (Lipinski definition) is 8. The number of ether oxygens (including phenoxy) is 2. The van der Waals surface area contributed by atoms with E-state index in [2.05, 4.69) is 5.10 Å². The Morgan fingerprint density at radius 1 is 1.09 bits per heavy atom. The first kappa shape index (κ1) is 30.6. The zero-order valence-electron chi connectivity index (χ0n) is 25.1. The van der Waals surface area contributed by atoms with Crippen molar-refractivity contribution >= 4 is 28.8 Å². The Bertz CT molecular complexity index is 2030. The highest BCUT2D eigenvalue weighted by Gasteiger charge is 2.21. The maximum atomic E-state index is 13.9. The van der Waals surface area contributed by atoms with Crippen LogP contribution < -0.4 is 15.0 Å². The number of para-hydroxylation sites is 2. The molecule has 0 saturated carbocycles. The predicted octanol–water partition coefficient (Wildman–Crippen LogP) is 6.57. The Kier molecular flexibility index (Phi) is 8.71. The molecule has 5 aromatic rings. The quantitative estimate of drug-likeness (QED) is 0.107. The second kappa shape index (κ2) is 12.8. The molecule has 45 heavy (non-hydrogen) atoms. The largest absolute Gasteiger partial charge is 0.496 e. The van der Waals surface area contributed by atoms with Crippen molar-refractivity contribution < 1.29 is 24.3 Å². The van der Waals surface area contributed by atoms with E-state index in [1.54, 1.807) is 49.6 Å². The molecule has 1 N–H and O–H groups in total. The average Bonchev–Trinajstić information content (AvgIpc) is 3.03. The van der Waals surface area contributed by atoms with Gasteiger partial charge >= 0.3 is 11.7 Å². The summed E-state index contributed by atoms with van der Waals surface area (Å²) in [5.41, 5.74) is 2.97. The molecular formula is C34H30N4O7. The fourth-order valence-corrected chi connectivity index (χ4v) is 4.99. The van der Waals surface area contributed by atoms with Crippen LogP contribution in [0.2, 0.25) is 0 Å². The van der Waals surface area contributed by atoms with Crippen molar-refractivity contribution in [3.63, 3.8) is 0 Å². The Labute approximate surface area is 258 Å². The number of nitro benzene ring substituents is 1. The Morgan fingerprint density at radius 2 is 1.84 bits per heavy atom. The van der Waals surface area contributed by atoms with Gasteiger partial charge in [-0.25, -0.2) is 9.78 Å². The van der Waals surface area contributed by atoms with E-state index in [1.165, 1.54) is 35.2 Å². The summed E-state index contributed by atoms with van der Waals surface area (Å²) >= 11 is 0. The summed E-state index contributed by atoms with van der Waals surface area (Å²) in [6.45, 7) is 5.83. The van der Waals surface area contributed by atoms with E-state index in [4.69, 9.17) is 14.5 Å². The SMILES string of the molecule is COc1cc(C)c(-c2nc3ccccc3c(=O)n2N=Cc2cccc([N+](=O)[O-])c2OCc2cccc(C(=O)O)c2)cc1C(C)C. The van der Waals surface area contributed by atoms with Gasteiger partial charge in [-0.05, 0) is 72.0 Å². The topological polar surface area (TPSA) is 146 Å². The van der Waals surface area contributed by atoms with Gasteiger partial charge in [-0.2, -0.15) is 9.78 Å². The smallest absolute Gasteiger partial charge is 0.335 e. The second-order valence-electron chi connectivity index (χ2n) is 10.6. The fourth-order valence-electron chi connectivity index (χ4n) is 4.99. The molecule has 11 heteroatoms. The molecule has 0 unspecified atom stereocenters. The van der Waals surface area contributed by atoms with Crippen molar-refractivity contribution in [3.8, 4) is 22.9 Å². The molecule has 0 atom stereocenters. The van der Waals surface area contributed by atoms with Gasteiger partial charge in [0.25, 0.3) is 5.56 Å². The van der Waals surface area contributed by atoms with Gasteiger partial charge in [0.05, 0.1) is 34.7 Å². The summed E-state index contributed by atoms with van der Waals surface area (Å²) in [7, 11) is 1.61. The summed E-state index contributed by atoms with van der Waals surface area (Å²) in [6.07, 6.45) is 1.32. The molecule has 4 aromatic carbocycles. The Morgan fingerprint density at radius 3 is 2.56 bits per heavy atom. The summed E-state index contributed by atoms with van der Waals surface area (Å²) in [6, 6.07) is 21.2. The van der Waals surface area contributed by atoms with E-state index in [0.29, 0.717) is 22.0 Å². The monoisotopic (exact) mass is 606 g/mol. The third-order valence-corrected chi connectivity index (χ3v) is 7.28. The van der Waals surface area contributed by atoms with E-state index in [9.17, 15) is 24.8 Å². The molecular weight excluding hydrogens is 576 g/mol. The zero-order valence-corrected chi connectivity index (χ0v) is 25.1. The molecule has 0 fully saturated rings. The molecule has 0 amide bonds. The van der Waals surface area contributed by atoms with Gasteiger partial charge in [0, 0.05) is 17.2 Å². The standard InChI is InChI=1S/C34H30N4O7/c1-20(2)26-17-27(21(3)15-30(26)44-4)32-36-28-13-6-5-12-25(28)33(39)37(32)35-18-24-11-8-14-29(38(42)43)31(24)45-19-22-9-7-10-23(16-22)34(40)41/h5-18,20H,19H2,1-4H3,(H,40,41). The first-order valence-electron chi connectivity index (χ1n) is 14.1. The summed E-state index contributed by atoms with van der Waals surface area (Å²) in [4.78, 5) is 41.4. The lowest BCUT2D eigenvalue weighted by molar-refractivity contribution is -0.386. The van der Waals surface area contributed by atoms with Crippen LogP contribution in [0, 0.1) is 17.0 Å². The molecule has 1 heterocycles. The third kappa shape index (κ3) is 6.28. The van der Waals surface area contributed by atoms with Crippen LogP contribution in [0.3, 0.4) is 0 Å². The molecule has 0 spiro atoms. The lowest BCUT2D eigenvalue weighted by atomic mass is 9.96. The molecule has 0 bridgehead atoms. The maximum Gasteiger partial charge on any atom is 0.335 e. The molecule has 11 nitrogen and oxygen atoms in total. The van der Waals surface area contributed by atoms with Crippen LogP contribution in [0.15, 0.2) is 88.8 Å². The molecule has 0 aliphatic rings. The van der Waals surface area contributed by atoms with Gasteiger partial charge in [-0.1, -0.05) is 44.2 Å². The number of carboxylic acids is 1. The van der Waals surface area contributed by atoms with Crippen LogP contribution >= 0.6 is 0 Å². The van der Waals surface area contributed by atoms with Gasteiger partial charge in [-0.3, -0.25) is 14.9 Å². The first-order chi connectivity index (χ1) is 21.6.